The summed E-state index contributed by atoms with van der Waals surface area (Å²) in [5.41, 5.74) is 5.94. The Morgan fingerprint density at radius 2 is 2.05 bits per heavy atom. The molecule has 1 rings (SSSR count). The number of carbonyl (C=O) groups excluding carboxylic acids is 1. The van der Waals surface area contributed by atoms with E-state index in [0.717, 1.165) is 12.1 Å². The summed E-state index contributed by atoms with van der Waals surface area (Å²) in [6, 6.07) is 0.991. The summed E-state index contributed by atoms with van der Waals surface area (Å²) >= 11 is 5.75. The van der Waals surface area contributed by atoms with Crippen molar-refractivity contribution >= 4 is 17.6 Å². The lowest BCUT2D eigenvalue weighted by atomic mass is 10.1. The van der Waals surface area contributed by atoms with Gasteiger partial charge in [0.25, 0.3) is 0 Å². The Hall–Kier alpha value is -1.24. The maximum Gasteiger partial charge on any atom is 0.332 e. The van der Waals surface area contributed by atoms with E-state index in [2.05, 4.69) is 4.74 Å². The van der Waals surface area contributed by atoms with Crippen LogP contribution >= 0.6 is 11.6 Å². The number of rotatable bonds is 6. The van der Waals surface area contributed by atoms with Gasteiger partial charge in [-0.1, -0.05) is 11.6 Å². The number of halogens is 3. The topological polar surface area (TPSA) is 61.5 Å². The molecule has 0 amide bonds. The zero-order valence-corrected chi connectivity index (χ0v) is 11.0. The number of esters is 1. The van der Waals surface area contributed by atoms with Crippen molar-refractivity contribution in [1.29, 1.82) is 0 Å². The number of ether oxygens (including phenoxy) is 2. The molecule has 7 heteroatoms. The van der Waals surface area contributed by atoms with Gasteiger partial charge >= 0.3 is 5.97 Å². The molecule has 0 fully saturated rings. The van der Waals surface area contributed by atoms with Crippen LogP contribution in [-0.2, 0) is 14.3 Å². The molecule has 0 aliphatic carbocycles. The van der Waals surface area contributed by atoms with Crippen molar-refractivity contribution in [1.82, 2.24) is 0 Å². The molecule has 0 radical (unpaired) electrons. The molecular formula is C12H14ClF2NO3. The molecule has 0 bridgehead atoms. The van der Waals surface area contributed by atoms with Gasteiger partial charge in [-0.3, -0.25) is 0 Å². The van der Waals surface area contributed by atoms with E-state index in [9.17, 15) is 13.6 Å². The van der Waals surface area contributed by atoms with Gasteiger partial charge in [-0.05, 0) is 24.6 Å². The number of carbonyl (C=O) groups is 1. The number of hydrogen-bond donors (Lipinski definition) is 1. The highest BCUT2D eigenvalue weighted by Crippen LogP contribution is 2.24. The average molecular weight is 294 g/mol. The summed E-state index contributed by atoms with van der Waals surface area (Å²) in [5, 5.41) is 0.00568. The molecule has 0 aliphatic heterocycles. The third kappa shape index (κ3) is 4.74. The van der Waals surface area contributed by atoms with E-state index in [4.69, 9.17) is 22.1 Å². The normalized spacial score (nSPS) is 12.3. The van der Waals surface area contributed by atoms with Crippen LogP contribution in [0.3, 0.4) is 0 Å². The van der Waals surface area contributed by atoms with E-state index >= 15 is 0 Å². The highest BCUT2D eigenvalue weighted by atomic mass is 35.5. The Labute approximate surface area is 114 Å². The second-order valence-corrected chi connectivity index (χ2v) is 4.12. The van der Waals surface area contributed by atoms with E-state index in [-0.39, 0.29) is 30.4 Å². The fourth-order valence-corrected chi connectivity index (χ4v) is 1.67. The fraction of sp³-hybridized carbons (Fsp3) is 0.417. The van der Waals surface area contributed by atoms with Gasteiger partial charge in [-0.25, -0.2) is 13.6 Å². The van der Waals surface area contributed by atoms with E-state index in [1.165, 1.54) is 0 Å². The van der Waals surface area contributed by atoms with Gasteiger partial charge in [-0.15, -0.1) is 0 Å². The van der Waals surface area contributed by atoms with E-state index < -0.39 is 23.6 Å². The minimum atomic E-state index is -1.05. The zero-order chi connectivity index (χ0) is 14.4. The first kappa shape index (κ1) is 15.8. The van der Waals surface area contributed by atoms with Gasteiger partial charge < -0.3 is 15.2 Å². The van der Waals surface area contributed by atoms with Gasteiger partial charge in [0.15, 0.2) is 11.6 Å². The highest BCUT2D eigenvalue weighted by molar-refractivity contribution is 6.31. The third-order valence-electron chi connectivity index (χ3n) is 2.26. The van der Waals surface area contributed by atoms with Crippen molar-refractivity contribution in [2.45, 2.75) is 13.0 Å². The molecule has 0 saturated heterocycles. The third-order valence-corrected chi connectivity index (χ3v) is 2.59. The van der Waals surface area contributed by atoms with Crippen LogP contribution in [0.1, 0.15) is 18.5 Å². The van der Waals surface area contributed by atoms with Gasteiger partial charge in [-0.2, -0.15) is 0 Å². The van der Waals surface area contributed by atoms with Crippen LogP contribution in [0.25, 0.3) is 0 Å². The minimum absolute atomic E-state index is 0.00568. The van der Waals surface area contributed by atoms with Crippen molar-refractivity contribution in [3.05, 3.63) is 34.4 Å². The molecule has 2 N–H and O–H groups in total. The van der Waals surface area contributed by atoms with E-state index in [1.54, 1.807) is 6.92 Å². The first-order valence-corrected chi connectivity index (χ1v) is 5.96. The molecule has 0 saturated carbocycles. The Kier molecular flexibility index (Phi) is 6.14. The molecule has 1 unspecified atom stereocenters. The molecule has 0 heterocycles. The number of benzene rings is 1. The van der Waals surface area contributed by atoms with Crippen molar-refractivity contribution in [3.63, 3.8) is 0 Å². The lowest BCUT2D eigenvalue weighted by Gasteiger charge is -2.14. The van der Waals surface area contributed by atoms with Crippen LogP contribution in [0.5, 0.6) is 0 Å². The molecule has 1 atom stereocenters. The standard InChI is InChI=1S/C12H14ClF2NO3/c1-2-19-12(17)6-18-5-11(16)7-3-9(14)10(15)4-8(7)13/h3-4,11H,2,5-6,16H2,1H3. The molecular weight excluding hydrogens is 280 g/mol. The molecule has 4 nitrogen and oxygen atoms in total. The quantitative estimate of drug-likeness (QED) is 0.645. The van der Waals surface area contributed by atoms with Crippen LogP contribution in [0.15, 0.2) is 12.1 Å². The first-order chi connectivity index (χ1) is 8.95. The number of nitrogens with two attached hydrogens (primary N) is 1. The van der Waals surface area contributed by atoms with Crippen molar-refractivity contribution < 1.29 is 23.0 Å². The summed E-state index contributed by atoms with van der Waals surface area (Å²) < 4.78 is 35.6. The van der Waals surface area contributed by atoms with Gasteiger partial charge in [0.05, 0.1) is 19.3 Å². The molecule has 0 aromatic heterocycles. The molecule has 0 aliphatic rings. The van der Waals surface area contributed by atoms with Crippen LogP contribution in [0.4, 0.5) is 8.78 Å². The maximum absolute atomic E-state index is 13.1. The molecule has 1 aromatic rings. The fourth-order valence-electron chi connectivity index (χ4n) is 1.38. The van der Waals surface area contributed by atoms with E-state index in [0.29, 0.717) is 0 Å². The van der Waals surface area contributed by atoms with E-state index in [1.807, 2.05) is 0 Å². The lowest BCUT2D eigenvalue weighted by molar-refractivity contribution is -0.148. The highest BCUT2D eigenvalue weighted by Gasteiger charge is 2.15. The zero-order valence-electron chi connectivity index (χ0n) is 10.3. The van der Waals surface area contributed by atoms with Crippen LogP contribution in [0.2, 0.25) is 5.02 Å². The predicted octanol–water partition coefficient (Wildman–Crippen LogP) is 2.20. The summed E-state index contributed by atoms with van der Waals surface area (Å²) in [6.07, 6.45) is 0. The first-order valence-electron chi connectivity index (χ1n) is 5.59. The summed E-state index contributed by atoms with van der Waals surface area (Å²) in [7, 11) is 0. The SMILES string of the molecule is CCOC(=O)COCC(N)c1cc(F)c(F)cc1Cl. The monoisotopic (exact) mass is 293 g/mol. The van der Waals surface area contributed by atoms with Crippen molar-refractivity contribution in [2.24, 2.45) is 5.73 Å². The molecule has 1 aromatic carbocycles. The Balaban J connectivity index is 2.56. The molecule has 19 heavy (non-hydrogen) atoms. The minimum Gasteiger partial charge on any atom is -0.464 e. The van der Waals surface area contributed by atoms with Crippen LogP contribution in [0, 0.1) is 11.6 Å². The van der Waals surface area contributed by atoms with Gasteiger partial charge in [0.1, 0.15) is 6.61 Å². The summed E-state index contributed by atoms with van der Waals surface area (Å²) in [5.74, 6) is -2.61. The Morgan fingerprint density at radius 1 is 1.42 bits per heavy atom. The Morgan fingerprint density at radius 3 is 2.68 bits per heavy atom. The van der Waals surface area contributed by atoms with Crippen molar-refractivity contribution in [2.75, 3.05) is 19.8 Å². The molecule has 106 valence electrons. The van der Waals surface area contributed by atoms with Gasteiger partial charge in [0.2, 0.25) is 0 Å². The van der Waals surface area contributed by atoms with Crippen LogP contribution in [-0.4, -0.2) is 25.8 Å². The summed E-state index contributed by atoms with van der Waals surface area (Å²) in [4.78, 5) is 11.0. The second-order valence-electron chi connectivity index (χ2n) is 3.71. The largest absolute Gasteiger partial charge is 0.464 e. The smallest absolute Gasteiger partial charge is 0.332 e. The summed E-state index contributed by atoms with van der Waals surface area (Å²) in [6.45, 7) is 1.60. The lowest BCUT2D eigenvalue weighted by Crippen LogP contribution is -2.21. The number of hydrogen-bond acceptors (Lipinski definition) is 4. The maximum atomic E-state index is 13.1. The average Bonchev–Trinajstić information content (AvgIpc) is 2.34. The van der Waals surface area contributed by atoms with Crippen LogP contribution < -0.4 is 5.73 Å². The molecule has 0 spiro atoms. The Bertz CT molecular complexity index is 457. The predicted molar refractivity (Wildman–Crippen MR) is 65.7 cm³/mol. The second kappa shape index (κ2) is 7.37. The van der Waals surface area contributed by atoms with Gasteiger partial charge in [0, 0.05) is 5.02 Å². The van der Waals surface area contributed by atoms with Crippen molar-refractivity contribution in [3.8, 4) is 0 Å².